The van der Waals surface area contributed by atoms with Crippen molar-refractivity contribution in [2.24, 2.45) is 0 Å². The second-order valence-electron chi connectivity index (χ2n) is 16.6. The van der Waals surface area contributed by atoms with Crippen molar-refractivity contribution >= 4 is 32.3 Å². The van der Waals surface area contributed by atoms with Crippen molar-refractivity contribution in [3.63, 3.8) is 0 Å². The Labute approximate surface area is 354 Å². The molecule has 0 atom stereocenters. The first-order chi connectivity index (χ1) is 29.3. The van der Waals surface area contributed by atoms with Crippen LogP contribution in [0.1, 0.15) is 33.4 Å². The zero-order valence-corrected chi connectivity index (χ0v) is 35.3. The van der Waals surface area contributed by atoms with Crippen LogP contribution in [-0.4, -0.2) is 0 Å². The Balaban J connectivity index is 1.13. The van der Waals surface area contributed by atoms with Gasteiger partial charge in [0.1, 0.15) is 0 Å². The maximum Gasteiger partial charge on any atom is -0.00987 e. The van der Waals surface area contributed by atoms with Gasteiger partial charge < -0.3 is 0 Å². The second kappa shape index (κ2) is 15.0. The SMILES string of the molecule is Cc1cc(C)c(-c2ccc(-c3ccc(-c4ccc(-c5c(C)cc(C)c(-c6ccccc6)c5C)c5ccccc45)c4ccccc34)c3ccccc23)c(C)c1-c1ccccc1. The van der Waals surface area contributed by atoms with Gasteiger partial charge in [-0.15, -0.1) is 0 Å². The van der Waals surface area contributed by atoms with E-state index in [0.717, 1.165) is 0 Å². The van der Waals surface area contributed by atoms with Crippen LogP contribution in [-0.2, 0) is 0 Å². The highest BCUT2D eigenvalue weighted by molar-refractivity contribution is 6.15. The lowest BCUT2D eigenvalue weighted by Gasteiger charge is -2.21. The van der Waals surface area contributed by atoms with Crippen molar-refractivity contribution in [1.29, 1.82) is 0 Å². The quantitative estimate of drug-likeness (QED) is 0.158. The Bertz CT molecular complexity index is 3070. The molecule has 0 N–H and O–H groups in total. The summed E-state index contributed by atoms with van der Waals surface area (Å²) in [6.07, 6.45) is 0. The molecule has 0 saturated heterocycles. The Hall–Kier alpha value is -7.02. The summed E-state index contributed by atoms with van der Waals surface area (Å²) < 4.78 is 0. The standard InChI is InChI=1S/C60H48/c1-37-35-39(3)59(41(5)57(37)43-19-9-7-10-20-43)55-33-31-53(47-25-15-17-27-49(47)55)51-29-30-52(46-24-14-13-23-45(46)51)54-32-34-56(50-28-18-16-26-48(50)54)60-40(4)36-38(2)58(42(60)6)44-21-11-8-12-22-44/h7-36H,1-6H3. The van der Waals surface area contributed by atoms with Crippen molar-refractivity contribution in [2.75, 3.05) is 0 Å². The summed E-state index contributed by atoms with van der Waals surface area (Å²) in [5, 5.41) is 7.59. The third-order valence-electron chi connectivity index (χ3n) is 13.0. The van der Waals surface area contributed by atoms with Gasteiger partial charge in [0.05, 0.1) is 0 Å². The van der Waals surface area contributed by atoms with Crippen molar-refractivity contribution in [3.8, 4) is 66.8 Å². The number of rotatable bonds is 6. The number of hydrogen-bond donors (Lipinski definition) is 0. The van der Waals surface area contributed by atoms with Gasteiger partial charge in [-0.1, -0.05) is 182 Å². The lowest BCUT2D eigenvalue weighted by Crippen LogP contribution is -1.97. The van der Waals surface area contributed by atoms with Gasteiger partial charge in [0, 0.05) is 0 Å². The van der Waals surface area contributed by atoms with Gasteiger partial charge in [-0.05, 0) is 174 Å². The zero-order valence-electron chi connectivity index (χ0n) is 35.3. The Kier molecular flexibility index (Phi) is 9.30. The van der Waals surface area contributed by atoms with Gasteiger partial charge in [-0.3, -0.25) is 0 Å². The normalized spacial score (nSPS) is 11.5. The van der Waals surface area contributed by atoms with Gasteiger partial charge >= 0.3 is 0 Å². The monoisotopic (exact) mass is 768 g/mol. The molecule has 288 valence electrons. The summed E-state index contributed by atoms with van der Waals surface area (Å²) >= 11 is 0. The molecule has 0 aliphatic rings. The highest BCUT2D eigenvalue weighted by atomic mass is 14.2. The van der Waals surface area contributed by atoms with Crippen LogP contribution in [0.4, 0.5) is 0 Å². The summed E-state index contributed by atoms with van der Waals surface area (Å²) in [6, 6.07) is 67.5. The molecule has 0 bridgehead atoms. The molecular weight excluding hydrogens is 721 g/mol. The van der Waals surface area contributed by atoms with Crippen LogP contribution in [0.25, 0.3) is 99.1 Å². The van der Waals surface area contributed by atoms with Gasteiger partial charge in [0.25, 0.3) is 0 Å². The summed E-state index contributed by atoms with van der Waals surface area (Å²) in [5.74, 6) is 0. The molecule has 0 spiro atoms. The van der Waals surface area contributed by atoms with E-state index in [0.29, 0.717) is 0 Å². The van der Waals surface area contributed by atoms with E-state index in [-0.39, 0.29) is 0 Å². The van der Waals surface area contributed by atoms with E-state index < -0.39 is 0 Å². The predicted molar refractivity (Wildman–Crippen MR) is 260 cm³/mol. The molecule has 0 heterocycles. The van der Waals surface area contributed by atoms with Gasteiger partial charge in [0.2, 0.25) is 0 Å². The summed E-state index contributed by atoms with van der Waals surface area (Å²) in [6.45, 7) is 13.6. The molecule has 0 fully saturated rings. The van der Waals surface area contributed by atoms with Crippen LogP contribution in [0.5, 0.6) is 0 Å². The van der Waals surface area contributed by atoms with E-state index in [9.17, 15) is 0 Å². The first-order valence-electron chi connectivity index (χ1n) is 21.2. The molecule has 60 heavy (non-hydrogen) atoms. The maximum atomic E-state index is 2.37. The fraction of sp³-hybridized carbons (Fsp3) is 0.100. The van der Waals surface area contributed by atoms with E-state index in [4.69, 9.17) is 0 Å². The third kappa shape index (κ3) is 6.06. The first-order valence-corrected chi connectivity index (χ1v) is 21.2. The molecule has 0 unspecified atom stereocenters. The van der Waals surface area contributed by atoms with Crippen molar-refractivity contribution in [3.05, 3.63) is 215 Å². The first kappa shape index (κ1) is 37.3. The van der Waals surface area contributed by atoms with Crippen molar-refractivity contribution < 1.29 is 0 Å². The Morgan fingerprint density at radius 3 is 0.750 bits per heavy atom. The summed E-state index contributed by atoms with van der Waals surface area (Å²) in [4.78, 5) is 0. The molecular formula is C60H48. The highest BCUT2D eigenvalue weighted by Gasteiger charge is 2.21. The molecule has 0 aromatic heterocycles. The molecule has 10 aromatic rings. The van der Waals surface area contributed by atoms with Crippen molar-refractivity contribution in [2.45, 2.75) is 41.5 Å². The molecule has 0 saturated carbocycles. The molecule has 0 radical (unpaired) electrons. The second-order valence-corrected chi connectivity index (χ2v) is 16.6. The Morgan fingerprint density at radius 1 is 0.217 bits per heavy atom. The van der Waals surface area contributed by atoms with Crippen LogP contribution < -0.4 is 0 Å². The molecule has 10 aromatic carbocycles. The number of fused-ring (bicyclic) bond motifs is 3. The van der Waals surface area contributed by atoms with Crippen molar-refractivity contribution in [1.82, 2.24) is 0 Å². The predicted octanol–water partition coefficient (Wildman–Crippen LogP) is 17.0. The van der Waals surface area contributed by atoms with E-state index >= 15 is 0 Å². The van der Waals surface area contributed by atoms with Crippen LogP contribution in [0, 0.1) is 41.5 Å². The van der Waals surface area contributed by atoms with E-state index in [1.165, 1.54) is 132 Å². The smallest absolute Gasteiger partial charge is 0.00987 e. The van der Waals surface area contributed by atoms with E-state index in [2.05, 4.69) is 224 Å². The highest BCUT2D eigenvalue weighted by Crippen LogP contribution is 2.46. The minimum absolute atomic E-state index is 1.25. The minimum Gasteiger partial charge on any atom is -0.0622 e. The minimum atomic E-state index is 1.25. The fourth-order valence-corrected chi connectivity index (χ4v) is 10.6. The molecule has 0 aliphatic carbocycles. The lowest BCUT2D eigenvalue weighted by atomic mass is 9.82. The van der Waals surface area contributed by atoms with Crippen LogP contribution in [0.15, 0.2) is 182 Å². The molecule has 0 nitrogen and oxygen atoms in total. The molecule has 0 heteroatoms. The molecule has 0 amide bonds. The number of benzene rings is 10. The third-order valence-corrected chi connectivity index (χ3v) is 13.0. The average Bonchev–Trinajstić information content (AvgIpc) is 3.27. The molecule has 0 aliphatic heterocycles. The zero-order chi connectivity index (χ0) is 41.1. The lowest BCUT2D eigenvalue weighted by molar-refractivity contribution is 1.32. The van der Waals surface area contributed by atoms with Gasteiger partial charge in [-0.25, -0.2) is 0 Å². The van der Waals surface area contributed by atoms with E-state index in [1.807, 2.05) is 0 Å². The van der Waals surface area contributed by atoms with E-state index in [1.54, 1.807) is 0 Å². The van der Waals surface area contributed by atoms with Crippen LogP contribution >= 0.6 is 0 Å². The van der Waals surface area contributed by atoms with Crippen LogP contribution in [0.3, 0.4) is 0 Å². The average molecular weight is 769 g/mol. The summed E-state index contributed by atoms with van der Waals surface area (Å²) in [5.41, 5.74) is 23.3. The van der Waals surface area contributed by atoms with Gasteiger partial charge in [0.15, 0.2) is 0 Å². The molecule has 10 rings (SSSR count). The fourth-order valence-electron chi connectivity index (χ4n) is 10.6. The van der Waals surface area contributed by atoms with Crippen LogP contribution in [0.2, 0.25) is 0 Å². The number of hydrogen-bond acceptors (Lipinski definition) is 0. The summed E-state index contributed by atoms with van der Waals surface area (Å²) in [7, 11) is 0. The Morgan fingerprint density at radius 2 is 0.450 bits per heavy atom. The maximum absolute atomic E-state index is 2.37. The number of aryl methyl sites for hydroxylation is 4. The largest absolute Gasteiger partial charge is 0.0622 e. The van der Waals surface area contributed by atoms with Gasteiger partial charge in [-0.2, -0.15) is 0 Å². The topological polar surface area (TPSA) is 0 Å².